The number of carbonyl (C=O) groups excluding carboxylic acids is 2. The van der Waals surface area contributed by atoms with Gasteiger partial charge in [0.2, 0.25) is 11.8 Å². The minimum atomic E-state index is -0.340. The number of halogens is 1. The average molecular weight is 375 g/mol. The Morgan fingerprint density at radius 2 is 2.12 bits per heavy atom. The number of benzene rings is 1. The van der Waals surface area contributed by atoms with Crippen molar-refractivity contribution in [2.24, 2.45) is 5.92 Å². The maximum atomic E-state index is 12.4. The van der Waals surface area contributed by atoms with Gasteiger partial charge in [-0.1, -0.05) is 23.7 Å². The number of hydrogen-bond donors (Lipinski definition) is 1. The van der Waals surface area contributed by atoms with E-state index in [9.17, 15) is 9.59 Å². The van der Waals surface area contributed by atoms with E-state index in [0.717, 1.165) is 24.4 Å². The predicted molar refractivity (Wildman–Crippen MR) is 101 cm³/mol. The molecule has 1 aromatic carbocycles. The number of carbonyl (C=O) groups is 2. The molecule has 0 aliphatic carbocycles. The molecule has 7 heteroatoms. The van der Waals surface area contributed by atoms with Gasteiger partial charge in [0.15, 0.2) is 0 Å². The molecular weight excluding hydrogens is 352 g/mol. The molecule has 6 nitrogen and oxygen atoms in total. The summed E-state index contributed by atoms with van der Waals surface area (Å²) < 4.78 is 1.94. The van der Waals surface area contributed by atoms with E-state index < -0.39 is 0 Å². The van der Waals surface area contributed by atoms with Crippen molar-refractivity contribution in [2.45, 2.75) is 33.2 Å². The van der Waals surface area contributed by atoms with E-state index in [2.05, 4.69) is 10.4 Å². The Morgan fingerprint density at radius 1 is 1.35 bits per heavy atom. The minimum absolute atomic E-state index is 0.0686. The first kappa shape index (κ1) is 18.5. The highest BCUT2D eigenvalue weighted by Crippen LogP contribution is 2.30. The van der Waals surface area contributed by atoms with Gasteiger partial charge in [0.05, 0.1) is 22.3 Å². The van der Waals surface area contributed by atoms with Gasteiger partial charge in [0.1, 0.15) is 0 Å². The second-order valence-electron chi connectivity index (χ2n) is 6.65. The van der Waals surface area contributed by atoms with Crippen LogP contribution in [0.1, 0.15) is 24.2 Å². The summed E-state index contributed by atoms with van der Waals surface area (Å²) in [5, 5.41) is 7.86. The second kappa shape index (κ2) is 7.91. The molecule has 1 aliphatic heterocycles. The van der Waals surface area contributed by atoms with Crippen molar-refractivity contribution in [3.05, 3.63) is 46.7 Å². The Kier molecular flexibility index (Phi) is 5.61. The van der Waals surface area contributed by atoms with E-state index in [-0.39, 0.29) is 24.2 Å². The molecule has 1 aromatic heterocycles. The summed E-state index contributed by atoms with van der Waals surface area (Å²) in [5.41, 5.74) is 2.78. The van der Waals surface area contributed by atoms with Crippen LogP contribution in [0.3, 0.4) is 0 Å². The molecule has 1 saturated heterocycles. The third kappa shape index (κ3) is 4.07. The van der Waals surface area contributed by atoms with Gasteiger partial charge < -0.3 is 10.2 Å². The Bertz CT molecular complexity index is 818. The number of aryl methyl sites for hydroxylation is 3. The van der Waals surface area contributed by atoms with Gasteiger partial charge in [0, 0.05) is 31.7 Å². The van der Waals surface area contributed by atoms with Crippen LogP contribution in [0.5, 0.6) is 0 Å². The zero-order valence-corrected chi connectivity index (χ0v) is 15.8. The first-order valence-electron chi connectivity index (χ1n) is 8.79. The molecule has 0 radical (unpaired) electrons. The first-order valence-corrected chi connectivity index (χ1v) is 9.17. The lowest BCUT2D eigenvalue weighted by atomic mass is 10.1. The highest BCUT2D eigenvalue weighted by Gasteiger charge is 2.35. The number of amides is 2. The third-order valence-electron chi connectivity index (χ3n) is 4.59. The van der Waals surface area contributed by atoms with Crippen molar-refractivity contribution >= 4 is 29.1 Å². The van der Waals surface area contributed by atoms with Gasteiger partial charge in [-0.05, 0) is 38.5 Å². The number of nitrogens with one attached hydrogen (secondary N) is 1. The summed E-state index contributed by atoms with van der Waals surface area (Å²) in [5.74, 6) is -0.491. The SMILES string of the molecule is Cc1cc(C)n(CCCNC(=O)C2CC(=O)N(c3ccccc3Cl)C2)n1. The first-order chi connectivity index (χ1) is 12.5. The van der Waals surface area contributed by atoms with E-state index in [1.54, 1.807) is 17.0 Å². The van der Waals surface area contributed by atoms with Crippen LogP contribution in [-0.2, 0) is 16.1 Å². The van der Waals surface area contributed by atoms with E-state index >= 15 is 0 Å². The Morgan fingerprint density at radius 3 is 2.81 bits per heavy atom. The minimum Gasteiger partial charge on any atom is -0.356 e. The van der Waals surface area contributed by atoms with E-state index in [0.29, 0.717) is 23.8 Å². The number of hydrogen-bond acceptors (Lipinski definition) is 3. The Balaban J connectivity index is 1.49. The zero-order valence-electron chi connectivity index (χ0n) is 15.0. The number of anilines is 1. The Hall–Kier alpha value is -2.34. The average Bonchev–Trinajstić information content (AvgIpc) is 3.14. The molecule has 26 heavy (non-hydrogen) atoms. The largest absolute Gasteiger partial charge is 0.356 e. The molecular formula is C19H23ClN4O2. The van der Waals surface area contributed by atoms with Gasteiger partial charge in [-0.2, -0.15) is 5.10 Å². The summed E-state index contributed by atoms with van der Waals surface area (Å²) in [6.07, 6.45) is 1.01. The van der Waals surface area contributed by atoms with Gasteiger partial charge in [-0.25, -0.2) is 0 Å². The fourth-order valence-corrected chi connectivity index (χ4v) is 3.51. The van der Waals surface area contributed by atoms with Crippen molar-refractivity contribution < 1.29 is 9.59 Å². The molecule has 3 rings (SSSR count). The van der Waals surface area contributed by atoms with Crippen LogP contribution in [0.2, 0.25) is 5.02 Å². The molecule has 1 fully saturated rings. The summed E-state index contributed by atoms with van der Waals surface area (Å²) in [4.78, 5) is 26.3. The van der Waals surface area contributed by atoms with Crippen LogP contribution in [0.25, 0.3) is 0 Å². The van der Waals surface area contributed by atoms with Gasteiger partial charge in [-0.15, -0.1) is 0 Å². The molecule has 2 heterocycles. The highest BCUT2D eigenvalue weighted by molar-refractivity contribution is 6.33. The molecule has 0 spiro atoms. The molecule has 1 atom stereocenters. The summed E-state index contributed by atoms with van der Waals surface area (Å²) in [6.45, 7) is 5.67. The van der Waals surface area contributed by atoms with Crippen LogP contribution in [-0.4, -0.2) is 34.7 Å². The number of nitrogens with zero attached hydrogens (tertiary/aromatic N) is 3. The molecule has 1 unspecified atom stereocenters. The maximum Gasteiger partial charge on any atom is 0.227 e. The maximum absolute atomic E-state index is 12.4. The van der Waals surface area contributed by atoms with E-state index in [1.807, 2.05) is 36.7 Å². The molecule has 0 saturated carbocycles. The van der Waals surface area contributed by atoms with Crippen LogP contribution in [0.4, 0.5) is 5.69 Å². The smallest absolute Gasteiger partial charge is 0.227 e. The van der Waals surface area contributed by atoms with Gasteiger partial charge in [0.25, 0.3) is 0 Å². The van der Waals surface area contributed by atoms with Crippen molar-refractivity contribution in [3.8, 4) is 0 Å². The molecule has 1 aliphatic rings. The van der Waals surface area contributed by atoms with Crippen LogP contribution >= 0.6 is 11.6 Å². The van der Waals surface area contributed by atoms with Crippen LogP contribution < -0.4 is 10.2 Å². The van der Waals surface area contributed by atoms with E-state index in [4.69, 9.17) is 11.6 Å². The molecule has 0 bridgehead atoms. The normalized spacial score (nSPS) is 17.0. The van der Waals surface area contributed by atoms with Crippen molar-refractivity contribution in [2.75, 3.05) is 18.0 Å². The van der Waals surface area contributed by atoms with E-state index in [1.165, 1.54) is 0 Å². The zero-order chi connectivity index (χ0) is 18.7. The fraction of sp³-hybridized carbons (Fsp3) is 0.421. The third-order valence-corrected chi connectivity index (χ3v) is 4.91. The summed E-state index contributed by atoms with van der Waals surface area (Å²) in [7, 11) is 0. The standard InChI is InChI=1S/C19H23ClN4O2/c1-13-10-14(2)24(22-13)9-5-8-21-19(26)15-11-18(25)23(12-15)17-7-4-3-6-16(17)20/h3-4,6-7,10,15H,5,8-9,11-12H2,1-2H3,(H,21,26). The Labute approximate surface area is 158 Å². The highest BCUT2D eigenvalue weighted by atomic mass is 35.5. The quantitative estimate of drug-likeness (QED) is 0.790. The van der Waals surface area contributed by atoms with Crippen molar-refractivity contribution in [1.82, 2.24) is 15.1 Å². The monoisotopic (exact) mass is 374 g/mol. The number of rotatable bonds is 6. The summed E-state index contributed by atoms with van der Waals surface area (Å²) >= 11 is 6.17. The molecule has 138 valence electrons. The lowest BCUT2D eigenvalue weighted by molar-refractivity contribution is -0.126. The molecule has 2 aromatic rings. The van der Waals surface area contributed by atoms with Gasteiger partial charge in [-0.3, -0.25) is 14.3 Å². The number of aromatic nitrogens is 2. The topological polar surface area (TPSA) is 67.2 Å². The van der Waals surface area contributed by atoms with Crippen molar-refractivity contribution in [3.63, 3.8) is 0 Å². The molecule has 1 N–H and O–H groups in total. The van der Waals surface area contributed by atoms with Crippen LogP contribution in [0.15, 0.2) is 30.3 Å². The fourth-order valence-electron chi connectivity index (χ4n) is 3.27. The lowest BCUT2D eigenvalue weighted by Crippen LogP contribution is -2.34. The lowest BCUT2D eigenvalue weighted by Gasteiger charge is -2.18. The summed E-state index contributed by atoms with van der Waals surface area (Å²) in [6, 6.07) is 9.23. The number of para-hydroxylation sites is 1. The molecule has 2 amide bonds. The van der Waals surface area contributed by atoms with Gasteiger partial charge >= 0.3 is 0 Å². The second-order valence-corrected chi connectivity index (χ2v) is 7.06. The van der Waals surface area contributed by atoms with Crippen LogP contribution in [0, 0.1) is 19.8 Å². The van der Waals surface area contributed by atoms with Crippen molar-refractivity contribution in [1.29, 1.82) is 0 Å². The predicted octanol–water partition coefficient (Wildman–Crippen LogP) is 2.71.